The van der Waals surface area contributed by atoms with Gasteiger partial charge in [0.15, 0.2) is 0 Å². The SMILES string of the molecule is NC1CCN(c2ccc(Cl)c(C(=O)NCC3CCCCCCC3)c2)CC1. The van der Waals surface area contributed by atoms with Crippen molar-refractivity contribution in [3.8, 4) is 0 Å². The van der Waals surface area contributed by atoms with E-state index in [1.807, 2.05) is 18.2 Å². The minimum absolute atomic E-state index is 0.0485. The van der Waals surface area contributed by atoms with Crippen LogP contribution in [-0.4, -0.2) is 31.6 Å². The Balaban J connectivity index is 1.60. The van der Waals surface area contributed by atoms with Crippen LogP contribution < -0.4 is 16.0 Å². The zero-order valence-electron chi connectivity index (χ0n) is 15.7. The highest BCUT2D eigenvalue weighted by atomic mass is 35.5. The monoisotopic (exact) mass is 377 g/mol. The number of halogens is 1. The second-order valence-electron chi connectivity index (χ2n) is 7.91. The average Bonchev–Trinajstić information content (AvgIpc) is 2.62. The maximum absolute atomic E-state index is 12.7. The van der Waals surface area contributed by atoms with Crippen molar-refractivity contribution in [1.82, 2.24) is 5.32 Å². The van der Waals surface area contributed by atoms with Crippen molar-refractivity contribution in [2.75, 3.05) is 24.5 Å². The van der Waals surface area contributed by atoms with Gasteiger partial charge in [-0.2, -0.15) is 0 Å². The molecule has 0 atom stereocenters. The maximum atomic E-state index is 12.7. The first-order chi connectivity index (χ1) is 12.6. The van der Waals surface area contributed by atoms with E-state index in [1.54, 1.807) is 0 Å². The molecule has 0 bridgehead atoms. The Labute approximate surface area is 162 Å². The number of benzene rings is 1. The Morgan fingerprint density at radius 1 is 1.08 bits per heavy atom. The highest BCUT2D eigenvalue weighted by Crippen LogP contribution is 2.26. The van der Waals surface area contributed by atoms with E-state index in [-0.39, 0.29) is 5.91 Å². The van der Waals surface area contributed by atoms with Crippen LogP contribution in [0.5, 0.6) is 0 Å². The number of rotatable bonds is 4. The van der Waals surface area contributed by atoms with E-state index in [1.165, 1.54) is 44.9 Å². The summed E-state index contributed by atoms with van der Waals surface area (Å²) in [5.41, 5.74) is 7.65. The summed E-state index contributed by atoms with van der Waals surface area (Å²) in [6.07, 6.45) is 11.0. The van der Waals surface area contributed by atoms with Gasteiger partial charge in [0.2, 0.25) is 0 Å². The van der Waals surface area contributed by atoms with Gasteiger partial charge in [0.05, 0.1) is 10.6 Å². The lowest BCUT2D eigenvalue weighted by Crippen LogP contribution is -2.39. The third kappa shape index (κ3) is 5.37. The molecule has 26 heavy (non-hydrogen) atoms. The van der Waals surface area contributed by atoms with E-state index in [2.05, 4.69) is 10.2 Å². The summed E-state index contributed by atoms with van der Waals surface area (Å²) in [7, 11) is 0. The number of nitrogens with zero attached hydrogens (tertiary/aromatic N) is 1. The van der Waals surface area contributed by atoms with Crippen molar-refractivity contribution in [1.29, 1.82) is 0 Å². The maximum Gasteiger partial charge on any atom is 0.252 e. The summed E-state index contributed by atoms with van der Waals surface area (Å²) in [6, 6.07) is 6.08. The van der Waals surface area contributed by atoms with Crippen LogP contribution in [0.25, 0.3) is 0 Å². The fraction of sp³-hybridized carbons (Fsp3) is 0.667. The molecule has 1 aromatic carbocycles. The van der Waals surface area contributed by atoms with E-state index in [0.717, 1.165) is 38.2 Å². The Morgan fingerprint density at radius 2 is 1.73 bits per heavy atom. The lowest BCUT2D eigenvalue weighted by Gasteiger charge is -2.32. The van der Waals surface area contributed by atoms with Crippen molar-refractivity contribution in [2.24, 2.45) is 11.7 Å². The molecular weight excluding hydrogens is 346 g/mol. The van der Waals surface area contributed by atoms with E-state index in [0.29, 0.717) is 22.5 Å². The zero-order chi connectivity index (χ0) is 18.4. The molecule has 1 amide bonds. The molecule has 1 aliphatic heterocycles. The molecule has 1 saturated carbocycles. The van der Waals surface area contributed by atoms with Gasteiger partial charge >= 0.3 is 0 Å². The van der Waals surface area contributed by atoms with Crippen LogP contribution in [0.3, 0.4) is 0 Å². The standard InChI is InChI=1S/C21H32ClN3O/c22-20-9-8-18(25-12-10-17(23)11-13-25)14-19(20)21(26)24-15-16-6-4-2-1-3-5-7-16/h8-9,14,16-17H,1-7,10-13,15,23H2,(H,24,26). The van der Waals surface area contributed by atoms with Gasteiger partial charge in [-0.1, -0.05) is 43.7 Å². The van der Waals surface area contributed by atoms with Crippen molar-refractivity contribution in [3.05, 3.63) is 28.8 Å². The fourth-order valence-electron chi connectivity index (χ4n) is 4.12. The van der Waals surface area contributed by atoms with Crippen molar-refractivity contribution in [3.63, 3.8) is 0 Å². The lowest BCUT2D eigenvalue weighted by atomic mass is 9.91. The third-order valence-corrected chi connectivity index (χ3v) is 6.20. The summed E-state index contributed by atoms with van der Waals surface area (Å²) in [5.74, 6) is 0.553. The molecule has 4 nitrogen and oxygen atoms in total. The van der Waals surface area contributed by atoms with E-state index in [4.69, 9.17) is 17.3 Å². The number of nitrogens with two attached hydrogens (primary N) is 1. The van der Waals surface area contributed by atoms with Crippen molar-refractivity contribution >= 4 is 23.2 Å². The highest BCUT2D eigenvalue weighted by Gasteiger charge is 2.19. The first-order valence-electron chi connectivity index (χ1n) is 10.2. The summed E-state index contributed by atoms with van der Waals surface area (Å²) in [6.45, 7) is 2.63. The number of carbonyl (C=O) groups excluding carboxylic acids is 1. The molecule has 3 rings (SSSR count). The van der Waals surface area contributed by atoms with Gasteiger partial charge in [-0.05, 0) is 49.8 Å². The van der Waals surface area contributed by atoms with Crippen molar-refractivity contribution < 1.29 is 4.79 Å². The molecule has 1 heterocycles. The Morgan fingerprint density at radius 3 is 2.42 bits per heavy atom. The van der Waals surface area contributed by atoms with Crippen LogP contribution >= 0.6 is 11.6 Å². The number of anilines is 1. The molecule has 144 valence electrons. The molecule has 1 aromatic rings. The predicted octanol–water partition coefficient (Wildman–Crippen LogP) is 4.36. The first kappa shape index (κ1) is 19.5. The minimum atomic E-state index is -0.0485. The Kier molecular flexibility index (Phi) is 7.21. The smallest absolute Gasteiger partial charge is 0.252 e. The lowest BCUT2D eigenvalue weighted by molar-refractivity contribution is 0.0945. The van der Waals surface area contributed by atoms with Crippen LogP contribution in [0.15, 0.2) is 18.2 Å². The fourth-order valence-corrected chi connectivity index (χ4v) is 4.32. The molecular formula is C21H32ClN3O. The van der Waals surface area contributed by atoms with Gasteiger partial charge in [-0.25, -0.2) is 0 Å². The number of carbonyl (C=O) groups is 1. The molecule has 2 fully saturated rings. The summed E-state index contributed by atoms with van der Waals surface area (Å²) < 4.78 is 0. The third-order valence-electron chi connectivity index (χ3n) is 5.88. The predicted molar refractivity (Wildman–Crippen MR) is 109 cm³/mol. The van der Waals surface area contributed by atoms with Gasteiger partial charge < -0.3 is 16.0 Å². The molecule has 0 aromatic heterocycles. The molecule has 1 saturated heterocycles. The normalized spacial score (nSPS) is 20.5. The minimum Gasteiger partial charge on any atom is -0.371 e. The van der Waals surface area contributed by atoms with E-state index < -0.39 is 0 Å². The van der Waals surface area contributed by atoms with Gasteiger partial charge in [-0.3, -0.25) is 4.79 Å². The largest absolute Gasteiger partial charge is 0.371 e. The number of nitrogens with one attached hydrogen (secondary N) is 1. The van der Waals surface area contributed by atoms with Crippen LogP contribution in [0.4, 0.5) is 5.69 Å². The molecule has 0 unspecified atom stereocenters. The van der Waals surface area contributed by atoms with Crippen LogP contribution in [-0.2, 0) is 0 Å². The first-order valence-corrected chi connectivity index (χ1v) is 10.6. The number of hydrogen-bond acceptors (Lipinski definition) is 3. The number of hydrogen-bond donors (Lipinski definition) is 2. The van der Waals surface area contributed by atoms with Gasteiger partial charge in [0.1, 0.15) is 0 Å². The van der Waals surface area contributed by atoms with Crippen molar-refractivity contribution in [2.45, 2.75) is 63.8 Å². The van der Waals surface area contributed by atoms with Gasteiger partial charge in [-0.15, -0.1) is 0 Å². The van der Waals surface area contributed by atoms with E-state index >= 15 is 0 Å². The van der Waals surface area contributed by atoms with Crippen LogP contribution in [0.1, 0.15) is 68.1 Å². The van der Waals surface area contributed by atoms with Crippen LogP contribution in [0.2, 0.25) is 5.02 Å². The average molecular weight is 378 g/mol. The topological polar surface area (TPSA) is 58.4 Å². The van der Waals surface area contributed by atoms with Crippen LogP contribution in [0, 0.1) is 5.92 Å². The molecule has 2 aliphatic rings. The highest BCUT2D eigenvalue weighted by molar-refractivity contribution is 6.34. The van der Waals surface area contributed by atoms with E-state index in [9.17, 15) is 4.79 Å². The molecule has 0 spiro atoms. The second-order valence-corrected chi connectivity index (χ2v) is 8.32. The summed E-state index contributed by atoms with van der Waals surface area (Å²) >= 11 is 6.32. The molecule has 1 aliphatic carbocycles. The summed E-state index contributed by atoms with van der Waals surface area (Å²) in [5, 5.41) is 3.66. The number of piperidine rings is 1. The molecule has 0 radical (unpaired) electrons. The molecule has 3 N–H and O–H groups in total. The second kappa shape index (κ2) is 9.61. The number of amides is 1. The molecule has 5 heteroatoms. The Hall–Kier alpha value is -1.26. The summed E-state index contributed by atoms with van der Waals surface area (Å²) in [4.78, 5) is 15.0. The quantitative estimate of drug-likeness (QED) is 0.819. The Bertz CT molecular complexity index is 591. The van der Waals surface area contributed by atoms with Gasteiger partial charge in [0, 0.05) is 31.4 Å². The zero-order valence-corrected chi connectivity index (χ0v) is 16.4. The van der Waals surface area contributed by atoms with Gasteiger partial charge in [0.25, 0.3) is 5.91 Å².